The first kappa shape index (κ1) is 14.7. The monoisotopic (exact) mass is 278 g/mol. The molecule has 1 aromatic rings. The molecule has 0 spiro atoms. The zero-order chi connectivity index (χ0) is 14.4. The summed E-state index contributed by atoms with van der Waals surface area (Å²) >= 11 is 0. The Labute approximate surface area is 119 Å². The average molecular weight is 278 g/mol. The van der Waals surface area contributed by atoms with E-state index in [0.29, 0.717) is 24.7 Å². The van der Waals surface area contributed by atoms with Crippen molar-refractivity contribution in [1.82, 2.24) is 5.32 Å². The predicted molar refractivity (Wildman–Crippen MR) is 76.8 cm³/mol. The third kappa shape index (κ3) is 3.63. The molecule has 1 heterocycles. The molecular weight excluding hydrogens is 256 g/mol. The van der Waals surface area contributed by atoms with E-state index in [4.69, 9.17) is 15.2 Å². The summed E-state index contributed by atoms with van der Waals surface area (Å²) in [5.41, 5.74) is 6.61. The lowest BCUT2D eigenvalue weighted by atomic mass is 10.1. The zero-order valence-corrected chi connectivity index (χ0v) is 11.9. The van der Waals surface area contributed by atoms with E-state index in [0.717, 1.165) is 31.4 Å². The SMILES string of the molecule is CCOc1cc(CN)ccc1OC1CCCCNC1=O. The Balaban J connectivity index is 2.16. The van der Waals surface area contributed by atoms with Crippen LogP contribution in [0.15, 0.2) is 18.2 Å². The Morgan fingerprint density at radius 1 is 1.35 bits per heavy atom. The summed E-state index contributed by atoms with van der Waals surface area (Å²) in [7, 11) is 0. The van der Waals surface area contributed by atoms with E-state index in [1.807, 2.05) is 25.1 Å². The molecule has 1 atom stereocenters. The summed E-state index contributed by atoms with van der Waals surface area (Å²) in [6.45, 7) is 3.63. The molecule has 5 heteroatoms. The van der Waals surface area contributed by atoms with Crippen LogP contribution in [-0.4, -0.2) is 25.2 Å². The first-order valence-electron chi connectivity index (χ1n) is 7.14. The van der Waals surface area contributed by atoms with Gasteiger partial charge >= 0.3 is 0 Å². The molecule has 0 aromatic heterocycles. The fourth-order valence-electron chi connectivity index (χ4n) is 2.22. The van der Waals surface area contributed by atoms with Crippen molar-refractivity contribution >= 4 is 5.91 Å². The molecule has 0 aliphatic carbocycles. The Hall–Kier alpha value is -1.75. The molecule has 20 heavy (non-hydrogen) atoms. The molecule has 1 aromatic carbocycles. The highest BCUT2D eigenvalue weighted by molar-refractivity contribution is 5.81. The maximum absolute atomic E-state index is 11.9. The largest absolute Gasteiger partial charge is 0.490 e. The van der Waals surface area contributed by atoms with E-state index in [-0.39, 0.29) is 5.91 Å². The summed E-state index contributed by atoms with van der Waals surface area (Å²) in [6.07, 6.45) is 2.26. The van der Waals surface area contributed by atoms with Crippen molar-refractivity contribution in [3.63, 3.8) is 0 Å². The Morgan fingerprint density at radius 3 is 2.95 bits per heavy atom. The summed E-state index contributed by atoms with van der Waals surface area (Å²) in [5, 5.41) is 2.86. The number of nitrogens with one attached hydrogen (secondary N) is 1. The van der Waals surface area contributed by atoms with Gasteiger partial charge in [-0.15, -0.1) is 0 Å². The molecule has 3 N–H and O–H groups in total. The van der Waals surface area contributed by atoms with Crippen LogP contribution in [0.1, 0.15) is 31.7 Å². The van der Waals surface area contributed by atoms with E-state index in [2.05, 4.69) is 5.32 Å². The molecule has 0 bridgehead atoms. The van der Waals surface area contributed by atoms with E-state index in [9.17, 15) is 4.79 Å². The van der Waals surface area contributed by atoms with Crippen molar-refractivity contribution in [2.75, 3.05) is 13.2 Å². The Bertz CT molecular complexity index is 462. The second-order valence-corrected chi connectivity index (χ2v) is 4.81. The van der Waals surface area contributed by atoms with Crippen LogP contribution < -0.4 is 20.5 Å². The summed E-state index contributed by atoms with van der Waals surface area (Å²) in [5.74, 6) is 1.20. The number of hydrogen-bond donors (Lipinski definition) is 2. The number of carbonyl (C=O) groups excluding carboxylic acids is 1. The van der Waals surface area contributed by atoms with Gasteiger partial charge in [-0.05, 0) is 43.9 Å². The molecule has 1 aliphatic rings. The topological polar surface area (TPSA) is 73.6 Å². The van der Waals surface area contributed by atoms with Crippen LogP contribution in [0.5, 0.6) is 11.5 Å². The van der Waals surface area contributed by atoms with Crippen LogP contribution in [0.3, 0.4) is 0 Å². The van der Waals surface area contributed by atoms with E-state index < -0.39 is 6.10 Å². The van der Waals surface area contributed by atoms with E-state index in [1.54, 1.807) is 0 Å². The number of rotatable bonds is 5. The molecule has 2 rings (SSSR count). The highest BCUT2D eigenvalue weighted by Gasteiger charge is 2.23. The van der Waals surface area contributed by atoms with Crippen LogP contribution in [0.4, 0.5) is 0 Å². The van der Waals surface area contributed by atoms with Crippen LogP contribution in [0.2, 0.25) is 0 Å². The standard InChI is InChI=1S/C15H22N2O3/c1-2-19-14-9-11(10-16)6-7-12(14)20-13-5-3-4-8-17-15(13)18/h6-7,9,13H,2-5,8,10,16H2,1H3,(H,17,18). The number of carbonyl (C=O) groups is 1. The maximum Gasteiger partial charge on any atom is 0.261 e. The molecule has 1 saturated heterocycles. The number of ether oxygens (including phenoxy) is 2. The van der Waals surface area contributed by atoms with E-state index in [1.165, 1.54) is 0 Å². The molecule has 0 radical (unpaired) electrons. The molecule has 0 saturated carbocycles. The quantitative estimate of drug-likeness (QED) is 0.858. The average Bonchev–Trinajstić information content (AvgIpc) is 2.66. The normalized spacial score (nSPS) is 19.1. The van der Waals surface area contributed by atoms with Gasteiger partial charge in [-0.1, -0.05) is 6.07 Å². The van der Waals surface area contributed by atoms with Gasteiger partial charge in [0.1, 0.15) is 0 Å². The molecule has 1 unspecified atom stereocenters. The summed E-state index contributed by atoms with van der Waals surface area (Å²) in [4.78, 5) is 11.9. The van der Waals surface area contributed by atoms with Gasteiger partial charge in [0.15, 0.2) is 17.6 Å². The van der Waals surface area contributed by atoms with Gasteiger partial charge in [-0.25, -0.2) is 0 Å². The van der Waals surface area contributed by atoms with Crippen molar-refractivity contribution in [3.8, 4) is 11.5 Å². The molecule has 5 nitrogen and oxygen atoms in total. The molecule has 110 valence electrons. The maximum atomic E-state index is 11.9. The third-order valence-electron chi connectivity index (χ3n) is 3.30. The first-order valence-corrected chi connectivity index (χ1v) is 7.14. The lowest BCUT2D eigenvalue weighted by Crippen LogP contribution is -2.36. The van der Waals surface area contributed by atoms with Crippen molar-refractivity contribution in [3.05, 3.63) is 23.8 Å². The van der Waals surface area contributed by atoms with Gasteiger partial charge in [0, 0.05) is 13.1 Å². The van der Waals surface area contributed by atoms with Gasteiger partial charge in [-0.3, -0.25) is 4.79 Å². The zero-order valence-electron chi connectivity index (χ0n) is 11.9. The van der Waals surface area contributed by atoms with Gasteiger partial charge < -0.3 is 20.5 Å². The van der Waals surface area contributed by atoms with Crippen molar-refractivity contribution in [2.24, 2.45) is 5.73 Å². The van der Waals surface area contributed by atoms with Crippen LogP contribution in [0, 0.1) is 0 Å². The predicted octanol–water partition coefficient (Wildman–Crippen LogP) is 1.59. The number of benzene rings is 1. The second kappa shape index (κ2) is 7.14. The molecule has 1 aliphatic heterocycles. The summed E-state index contributed by atoms with van der Waals surface area (Å²) < 4.78 is 11.4. The minimum absolute atomic E-state index is 0.0483. The fourth-order valence-corrected chi connectivity index (χ4v) is 2.22. The van der Waals surface area contributed by atoms with Gasteiger partial charge in [-0.2, -0.15) is 0 Å². The van der Waals surface area contributed by atoms with Gasteiger partial charge in [0.2, 0.25) is 0 Å². The number of hydrogen-bond acceptors (Lipinski definition) is 4. The minimum atomic E-state index is -0.444. The van der Waals surface area contributed by atoms with Crippen LogP contribution in [0.25, 0.3) is 0 Å². The van der Waals surface area contributed by atoms with Crippen LogP contribution in [-0.2, 0) is 11.3 Å². The minimum Gasteiger partial charge on any atom is -0.490 e. The third-order valence-corrected chi connectivity index (χ3v) is 3.30. The first-order chi connectivity index (χ1) is 9.74. The van der Waals surface area contributed by atoms with Gasteiger partial charge in [0.25, 0.3) is 5.91 Å². The van der Waals surface area contributed by atoms with Crippen molar-refractivity contribution in [1.29, 1.82) is 0 Å². The number of amides is 1. The number of nitrogens with two attached hydrogens (primary N) is 1. The summed E-state index contributed by atoms with van der Waals surface area (Å²) in [6, 6.07) is 5.59. The Morgan fingerprint density at radius 2 is 2.20 bits per heavy atom. The lowest BCUT2D eigenvalue weighted by molar-refractivity contribution is -0.127. The molecule has 1 fully saturated rings. The molecular formula is C15H22N2O3. The lowest BCUT2D eigenvalue weighted by Gasteiger charge is -2.18. The van der Waals surface area contributed by atoms with E-state index >= 15 is 0 Å². The van der Waals surface area contributed by atoms with Crippen LogP contribution >= 0.6 is 0 Å². The Kier molecular flexibility index (Phi) is 5.24. The van der Waals surface area contributed by atoms with Gasteiger partial charge in [0.05, 0.1) is 6.61 Å². The highest BCUT2D eigenvalue weighted by Crippen LogP contribution is 2.30. The fraction of sp³-hybridized carbons (Fsp3) is 0.533. The second-order valence-electron chi connectivity index (χ2n) is 4.81. The van der Waals surface area contributed by atoms with Crippen molar-refractivity contribution < 1.29 is 14.3 Å². The highest BCUT2D eigenvalue weighted by atomic mass is 16.5. The van der Waals surface area contributed by atoms with Crippen molar-refractivity contribution in [2.45, 2.75) is 38.8 Å². The molecule has 1 amide bonds. The smallest absolute Gasteiger partial charge is 0.261 e.